The number of carbonyl (C=O) groups excluding carboxylic acids is 6. The van der Waals surface area contributed by atoms with Crippen LogP contribution in [-0.2, 0) is 36.9 Å². The van der Waals surface area contributed by atoms with Gasteiger partial charge in [-0.15, -0.1) is 0 Å². The number of hydrogen-bond donors (Lipinski definition) is 4. The number of fused-ring (bicyclic) bond motifs is 3. The fourth-order valence-electron chi connectivity index (χ4n) is 6.70. The first-order valence-electron chi connectivity index (χ1n) is 13.4. The predicted octanol–water partition coefficient (Wildman–Crippen LogP) is -1.89. The number of hydrogen-bond acceptors (Lipinski definition) is 11. The van der Waals surface area contributed by atoms with Crippen LogP contribution >= 0.6 is 0 Å². The number of Topliss-reactive ketones (excluding diaryl/α,β-unsaturated/α-hetero) is 4. The van der Waals surface area contributed by atoms with Crippen molar-refractivity contribution in [3.05, 3.63) is 22.8 Å². The van der Waals surface area contributed by atoms with Crippen LogP contribution in [0.15, 0.2) is 6.07 Å². The molecule has 222 valence electrons. The topological polar surface area (TPSA) is 191 Å². The monoisotopic (exact) mass is 571 g/mol. The zero-order valence-corrected chi connectivity index (χ0v) is 24.1. The van der Waals surface area contributed by atoms with E-state index < -0.39 is 64.4 Å². The SMILES string of the molecule is CN(C)C(=O)CNCc1cc(N(C)C)c2c(c1O)C(=O)C1C(=O)[C@]3(O)C(=O)C(C(N)=O)C(=O)[C@@H](N(C)C)[C@@H]3C[C@@H]1C2. The number of benzene rings is 1. The number of aliphatic hydroxyl groups is 1. The van der Waals surface area contributed by atoms with E-state index in [2.05, 4.69) is 5.32 Å². The summed E-state index contributed by atoms with van der Waals surface area (Å²) < 4.78 is 0. The van der Waals surface area contributed by atoms with Gasteiger partial charge >= 0.3 is 0 Å². The molecule has 1 aromatic carbocycles. The van der Waals surface area contributed by atoms with Gasteiger partial charge in [0.25, 0.3) is 0 Å². The summed E-state index contributed by atoms with van der Waals surface area (Å²) >= 11 is 0. The molecule has 13 heteroatoms. The number of anilines is 1. The molecule has 0 heterocycles. The summed E-state index contributed by atoms with van der Waals surface area (Å²) in [5, 5.41) is 25.9. The average molecular weight is 572 g/mol. The zero-order chi connectivity index (χ0) is 30.7. The fourth-order valence-corrected chi connectivity index (χ4v) is 6.70. The number of ketones is 4. The maximum absolute atomic E-state index is 14.0. The zero-order valence-electron chi connectivity index (χ0n) is 24.1. The molecule has 2 saturated carbocycles. The molecule has 5 N–H and O–H groups in total. The van der Waals surface area contributed by atoms with E-state index in [4.69, 9.17) is 5.73 Å². The van der Waals surface area contributed by atoms with Crippen LogP contribution in [0, 0.1) is 23.7 Å². The molecule has 13 nitrogen and oxygen atoms in total. The van der Waals surface area contributed by atoms with E-state index in [0.29, 0.717) is 16.8 Å². The van der Waals surface area contributed by atoms with Crippen molar-refractivity contribution in [2.45, 2.75) is 31.0 Å². The summed E-state index contributed by atoms with van der Waals surface area (Å²) in [5.74, 6) is -11.1. The van der Waals surface area contributed by atoms with Gasteiger partial charge in [-0.25, -0.2) is 0 Å². The van der Waals surface area contributed by atoms with Crippen molar-refractivity contribution in [2.24, 2.45) is 29.4 Å². The van der Waals surface area contributed by atoms with Gasteiger partial charge in [-0.2, -0.15) is 0 Å². The molecule has 0 aliphatic heterocycles. The minimum Gasteiger partial charge on any atom is -0.507 e. The molecule has 3 aliphatic rings. The fraction of sp³-hybridized carbons (Fsp3) is 0.571. The van der Waals surface area contributed by atoms with E-state index in [-0.39, 0.29) is 43.2 Å². The van der Waals surface area contributed by atoms with Gasteiger partial charge in [0, 0.05) is 51.9 Å². The summed E-state index contributed by atoms with van der Waals surface area (Å²) in [5.41, 5.74) is 3.96. The highest BCUT2D eigenvalue weighted by Gasteiger charge is 2.69. The van der Waals surface area contributed by atoms with E-state index in [1.807, 2.05) is 0 Å². The van der Waals surface area contributed by atoms with Crippen LogP contribution in [0.25, 0.3) is 0 Å². The number of primary amides is 1. The minimum atomic E-state index is -2.78. The van der Waals surface area contributed by atoms with Crippen molar-refractivity contribution in [3.63, 3.8) is 0 Å². The van der Waals surface area contributed by atoms with Crippen LogP contribution in [0.1, 0.15) is 27.9 Å². The van der Waals surface area contributed by atoms with Crippen molar-refractivity contribution < 1.29 is 39.0 Å². The Labute approximate surface area is 237 Å². The van der Waals surface area contributed by atoms with Crippen molar-refractivity contribution in [3.8, 4) is 5.75 Å². The maximum atomic E-state index is 14.0. The minimum absolute atomic E-state index is 0.0126. The summed E-state index contributed by atoms with van der Waals surface area (Å²) in [6.07, 6.45) is 0.146. The Balaban J connectivity index is 1.80. The lowest BCUT2D eigenvalue weighted by Crippen LogP contribution is -2.74. The van der Waals surface area contributed by atoms with Crippen molar-refractivity contribution in [1.29, 1.82) is 0 Å². The molecule has 2 amide bonds. The second kappa shape index (κ2) is 10.6. The second-order valence-corrected chi connectivity index (χ2v) is 11.8. The Kier molecular flexibility index (Phi) is 7.84. The third-order valence-corrected chi connectivity index (χ3v) is 8.69. The van der Waals surface area contributed by atoms with Gasteiger partial charge in [0.15, 0.2) is 34.7 Å². The number of aromatic hydroxyl groups is 1. The van der Waals surface area contributed by atoms with Gasteiger partial charge < -0.3 is 31.1 Å². The second-order valence-electron chi connectivity index (χ2n) is 11.8. The predicted molar refractivity (Wildman–Crippen MR) is 146 cm³/mol. The highest BCUT2D eigenvalue weighted by Crippen LogP contribution is 2.52. The van der Waals surface area contributed by atoms with Crippen molar-refractivity contribution >= 4 is 40.6 Å². The van der Waals surface area contributed by atoms with Crippen LogP contribution < -0.4 is 16.0 Å². The van der Waals surface area contributed by atoms with Gasteiger partial charge in [-0.1, -0.05) is 0 Å². The van der Waals surface area contributed by atoms with Gasteiger partial charge in [0.2, 0.25) is 11.8 Å². The number of phenolic OH excluding ortho intramolecular Hbond substituents is 1. The molecule has 2 fully saturated rings. The van der Waals surface area contributed by atoms with Crippen LogP contribution in [0.5, 0.6) is 5.75 Å². The van der Waals surface area contributed by atoms with E-state index in [1.54, 1.807) is 53.3 Å². The lowest BCUT2D eigenvalue weighted by molar-refractivity contribution is -0.181. The third-order valence-electron chi connectivity index (χ3n) is 8.69. The van der Waals surface area contributed by atoms with Gasteiger partial charge in [-0.3, -0.25) is 33.7 Å². The van der Waals surface area contributed by atoms with Crippen LogP contribution in [0.4, 0.5) is 5.69 Å². The van der Waals surface area contributed by atoms with Crippen LogP contribution in [0.3, 0.4) is 0 Å². The van der Waals surface area contributed by atoms with Crippen LogP contribution in [-0.4, -0.2) is 115 Å². The highest BCUT2D eigenvalue weighted by molar-refractivity contribution is 6.32. The molecular formula is C28H37N5O8. The number of rotatable bonds is 7. The first-order chi connectivity index (χ1) is 19.0. The van der Waals surface area contributed by atoms with E-state index in [9.17, 15) is 39.0 Å². The quantitative estimate of drug-likeness (QED) is 0.268. The molecule has 2 unspecified atom stereocenters. The summed E-state index contributed by atoms with van der Waals surface area (Å²) in [7, 11) is 9.84. The molecular weight excluding hydrogens is 534 g/mol. The lowest BCUT2D eigenvalue weighted by atomic mass is 9.52. The first kappa shape index (κ1) is 30.3. The Morgan fingerprint density at radius 2 is 1.71 bits per heavy atom. The first-order valence-corrected chi connectivity index (χ1v) is 13.4. The molecule has 0 radical (unpaired) electrons. The summed E-state index contributed by atoms with van der Waals surface area (Å²) in [4.78, 5) is 83.4. The molecule has 6 atom stereocenters. The standard InChI is InChI=1S/C28H37N5O8/c1-31(2)16-9-13(10-30-11-17(34)32(3)4)22(35)19-14(16)7-12-8-15-21(33(5)6)24(37)20(27(29)40)26(39)28(15,41)25(38)18(12)23(19)36/h9,12,15,18,20-21,30,35,41H,7-8,10-11H2,1-6H3,(H2,29,40)/t12-,15-,18?,20?,21-,28-/m0/s1. The number of carbonyl (C=O) groups is 6. The van der Waals surface area contributed by atoms with E-state index in [1.165, 1.54) is 9.80 Å². The molecule has 4 rings (SSSR count). The maximum Gasteiger partial charge on any atom is 0.236 e. The number of nitrogens with one attached hydrogen (secondary N) is 1. The number of nitrogens with two attached hydrogens (primary N) is 1. The van der Waals surface area contributed by atoms with Gasteiger partial charge in [0.1, 0.15) is 5.75 Å². The van der Waals surface area contributed by atoms with Crippen molar-refractivity contribution in [1.82, 2.24) is 15.1 Å². The molecule has 0 aromatic heterocycles. The lowest BCUT2D eigenvalue weighted by Gasteiger charge is -2.52. The summed E-state index contributed by atoms with van der Waals surface area (Å²) in [6.45, 7) is 0.0353. The normalized spacial score (nSPS) is 29.1. The molecule has 0 spiro atoms. The molecule has 3 aliphatic carbocycles. The number of nitrogens with zero attached hydrogens (tertiary/aromatic N) is 3. The Morgan fingerprint density at radius 3 is 2.24 bits per heavy atom. The van der Waals surface area contributed by atoms with Gasteiger partial charge in [0.05, 0.1) is 24.1 Å². The van der Waals surface area contributed by atoms with Crippen molar-refractivity contribution in [2.75, 3.05) is 53.7 Å². The number of phenols is 1. The molecule has 41 heavy (non-hydrogen) atoms. The Morgan fingerprint density at radius 1 is 1.07 bits per heavy atom. The number of likely N-dealkylation sites (N-methyl/N-ethyl adjacent to an activating group) is 2. The van der Waals surface area contributed by atoms with E-state index >= 15 is 0 Å². The van der Waals surface area contributed by atoms with Gasteiger partial charge in [-0.05, 0) is 44.5 Å². The average Bonchev–Trinajstić information content (AvgIpc) is 2.86. The third kappa shape index (κ3) is 4.61. The largest absolute Gasteiger partial charge is 0.507 e. The summed E-state index contributed by atoms with van der Waals surface area (Å²) in [6, 6.07) is 0.556. The molecule has 0 bridgehead atoms. The van der Waals surface area contributed by atoms with Crippen LogP contribution in [0.2, 0.25) is 0 Å². The highest BCUT2D eigenvalue weighted by atomic mass is 16.3. The Bertz CT molecular complexity index is 1360. The van der Waals surface area contributed by atoms with E-state index in [0.717, 1.165) is 0 Å². The number of amides is 2. The molecule has 0 saturated heterocycles. The smallest absolute Gasteiger partial charge is 0.236 e. The molecule has 1 aromatic rings. The Hall–Kier alpha value is -3.68.